The minimum atomic E-state index is 0.0542. The van der Waals surface area contributed by atoms with Crippen molar-refractivity contribution in [2.24, 2.45) is 0 Å². The third kappa shape index (κ3) is 3.47. The van der Waals surface area contributed by atoms with Crippen LogP contribution in [0.1, 0.15) is 15.9 Å². The topological polar surface area (TPSA) is 41.6 Å². The predicted octanol–water partition coefficient (Wildman–Crippen LogP) is 1.71. The largest absolute Gasteiger partial charge is 0.373 e. The Hall–Kier alpha value is -1.10. The molecule has 1 amide bonds. The Kier molecular flexibility index (Phi) is 4.80. The van der Waals surface area contributed by atoms with E-state index in [1.165, 1.54) is 0 Å². The lowest BCUT2D eigenvalue weighted by Gasteiger charge is -2.33. The molecule has 0 spiro atoms. The van der Waals surface area contributed by atoms with E-state index in [1.54, 1.807) is 12.1 Å². The number of likely N-dealkylation sites (N-methyl/N-ethyl adjacent to an activating group) is 1. The molecule has 1 aromatic rings. The maximum atomic E-state index is 12.5. The summed E-state index contributed by atoms with van der Waals surface area (Å²) in [6.45, 7) is 4.52. The van der Waals surface area contributed by atoms with E-state index in [0.29, 0.717) is 24.7 Å². The standard InChI is InChI=1S/C14H19ClN2O2/c1-10-7-11(15)3-4-13(10)14(18)17-5-6-19-12(9-17)8-16-2/h3-4,7,12,16H,5-6,8-9H2,1-2H3. The number of ether oxygens (including phenoxy) is 1. The first-order valence-corrected chi connectivity index (χ1v) is 6.81. The monoisotopic (exact) mass is 282 g/mol. The Morgan fingerprint density at radius 3 is 3.05 bits per heavy atom. The fourth-order valence-corrected chi connectivity index (χ4v) is 2.52. The summed E-state index contributed by atoms with van der Waals surface area (Å²) in [5.74, 6) is 0.0542. The average Bonchev–Trinajstić information content (AvgIpc) is 2.39. The summed E-state index contributed by atoms with van der Waals surface area (Å²) >= 11 is 5.92. The smallest absolute Gasteiger partial charge is 0.254 e. The molecule has 5 heteroatoms. The van der Waals surface area contributed by atoms with Gasteiger partial charge in [-0.2, -0.15) is 0 Å². The maximum absolute atomic E-state index is 12.5. The van der Waals surface area contributed by atoms with Gasteiger partial charge < -0.3 is 15.0 Å². The summed E-state index contributed by atoms with van der Waals surface area (Å²) in [5, 5.41) is 3.73. The Morgan fingerprint density at radius 1 is 1.58 bits per heavy atom. The fourth-order valence-electron chi connectivity index (χ4n) is 2.29. The van der Waals surface area contributed by atoms with E-state index in [2.05, 4.69) is 5.32 Å². The minimum Gasteiger partial charge on any atom is -0.373 e. The highest BCUT2D eigenvalue weighted by atomic mass is 35.5. The van der Waals surface area contributed by atoms with Crippen LogP contribution in [-0.4, -0.2) is 50.2 Å². The molecule has 2 rings (SSSR count). The molecule has 1 heterocycles. The number of aryl methyl sites for hydroxylation is 1. The van der Waals surface area contributed by atoms with Gasteiger partial charge in [-0.3, -0.25) is 4.79 Å². The molecule has 4 nitrogen and oxygen atoms in total. The lowest BCUT2D eigenvalue weighted by molar-refractivity contribution is -0.0196. The van der Waals surface area contributed by atoms with Crippen LogP contribution in [0.15, 0.2) is 18.2 Å². The molecule has 104 valence electrons. The highest BCUT2D eigenvalue weighted by Crippen LogP contribution is 2.18. The predicted molar refractivity (Wildman–Crippen MR) is 75.8 cm³/mol. The summed E-state index contributed by atoms with van der Waals surface area (Å²) in [6, 6.07) is 5.37. The van der Waals surface area contributed by atoms with E-state index < -0.39 is 0 Å². The van der Waals surface area contributed by atoms with Gasteiger partial charge in [0.1, 0.15) is 0 Å². The molecule has 0 bridgehead atoms. The van der Waals surface area contributed by atoms with E-state index in [9.17, 15) is 4.79 Å². The van der Waals surface area contributed by atoms with Gasteiger partial charge in [-0.05, 0) is 37.7 Å². The normalized spacial score (nSPS) is 19.5. The second kappa shape index (κ2) is 6.37. The number of carbonyl (C=O) groups is 1. The number of benzene rings is 1. The Labute approximate surface area is 118 Å². The van der Waals surface area contributed by atoms with Crippen molar-refractivity contribution in [2.45, 2.75) is 13.0 Å². The molecule has 0 saturated carbocycles. The minimum absolute atomic E-state index is 0.0542. The molecule has 1 unspecified atom stereocenters. The zero-order chi connectivity index (χ0) is 13.8. The van der Waals surface area contributed by atoms with Crippen molar-refractivity contribution in [1.29, 1.82) is 0 Å². The van der Waals surface area contributed by atoms with Gasteiger partial charge in [0.05, 0.1) is 12.7 Å². The third-order valence-corrected chi connectivity index (χ3v) is 3.51. The molecular weight excluding hydrogens is 264 g/mol. The van der Waals surface area contributed by atoms with E-state index in [-0.39, 0.29) is 12.0 Å². The van der Waals surface area contributed by atoms with Crippen molar-refractivity contribution in [3.63, 3.8) is 0 Å². The highest BCUT2D eigenvalue weighted by molar-refractivity contribution is 6.30. The quantitative estimate of drug-likeness (QED) is 0.918. The lowest BCUT2D eigenvalue weighted by atomic mass is 10.1. The van der Waals surface area contributed by atoms with E-state index in [0.717, 1.165) is 17.7 Å². The van der Waals surface area contributed by atoms with Gasteiger partial charge in [0.25, 0.3) is 5.91 Å². The van der Waals surface area contributed by atoms with E-state index in [1.807, 2.05) is 24.9 Å². The van der Waals surface area contributed by atoms with Crippen molar-refractivity contribution in [1.82, 2.24) is 10.2 Å². The van der Waals surface area contributed by atoms with Crippen LogP contribution in [0, 0.1) is 6.92 Å². The van der Waals surface area contributed by atoms with Gasteiger partial charge >= 0.3 is 0 Å². The summed E-state index contributed by atoms with van der Waals surface area (Å²) < 4.78 is 5.61. The number of rotatable bonds is 3. The van der Waals surface area contributed by atoms with Gasteiger partial charge in [-0.15, -0.1) is 0 Å². The van der Waals surface area contributed by atoms with Crippen LogP contribution in [0.5, 0.6) is 0 Å². The lowest BCUT2D eigenvalue weighted by Crippen LogP contribution is -2.48. The third-order valence-electron chi connectivity index (χ3n) is 3.28. The number of nitrogens with one attached hydrogen (secondary N) is 1. The van der Waals surface area contributed by atoms with Gasteiger partial charge in [0.15, 0.2) is 0 Å². The van der Waals surface area contributed by atoms with E-state index >= 15 is 0 Å². The molecule has 1 saturated heterocycles. The average molecular weight is 283 g/mol. The Bertz CT molecular complexity index is 463. The summed E-state index contributed by atoms with van der Waals surface area (Å²) in [5.41, 5.74) is 1.63. The number of hydrogen-bond donors (Lipinski definition) is 1. The molecule has 19 heavy (non-hydrogen) atoms. The number of nitrogens with zero attached hydrogens (tertiary/aromatic N) is 1. The second-order valence-electron chi connectivity index (χ2n) is 4.76. The molecule has 1 aliphatic rings. The van der Waals surface area contributed by atoms with Crippen molar-refractivity contribution in [3.05, 3.63) is 34.3 Å². The van der Waals surface area contributed by atoms with Crippen molar-refractivity contribution in [3.8, 4) is 0 Å². The summed E-state index contributed by atoms with van der Waals surface area (Å²) in [4.78, 5) is 14.3. The van der Waals surface area contributed by atoms with Crippen molar-refractivity contribution in [2.75, 3.05) is 33.3 Å². The van der Waals surface area contributed by atoms with Crippen LogP contribution in [0.3, 0.4) is 0 Å². The summed E-state index contributed by atoms with van der Waals surface area (Å²) in [6.07, 6.45) is 0.0651. The van der Waals surface area contributed by atoms with Crippen LogP contribution in [0.25, 0.3) is 0 Å². The number of amides is 1. The molecule has 1 aromatic carbocycles. The second-order valence-corrected chi connectivity index (χ2v) is 5.20. The molecule has 1 fully saturated rings. The zero-order valence-electron chi connectivity index (χ0n) is 11.3. The van der Waals surface area contributed by atoms with E-state index in [4.69, 9.17) is 16.3 Å². The molecular formula is C14H19ClN2O2. The maximum Gasteiger partial charge on any atom is 0.254 e. The first-order valence-electron chi connectivity index (χ1n) is 6.43. The number of hydrogen-bond acceptors (Lipinski definition) is 3. The van der Waals surface area contributed by atoms with Crippen LogP contribution >= 0.6 is 11.6 Å². The van der Waals surface area contributed by atoms with Gasteiger partial charge in [0, 0.05) is 30.2 Å². The van der Waals surface area contributed by atoms with Crippen molar-refractivity contribution < 1.29 is 9.53 Å². The molecule has 1 atom stereocenters. The first kappa shape index (κ1) is 14.3. The zero-order valence-corrected chi connectivity index (χ0v) is 12.0. The summed E-state index contributed by atoms with van der Waals surface area (Å²) in [7, 11) is 1.88. The van der Waals surface area contributed by atoms with Gasteiger partial charge in [0.2, 0.25) is 0 Å². The highest BCUT2D eigenvalue weighted by Gasteiger charge is 2.25. The van der Waals surface area contributed by atoms with Gasteiger partial charge in [-0.25, -0.2) is 0 Å². The van der Waals surface area contributed by atoms with Crippen LogP contribution in [0.2, 0.25) is 5.02 Å². The Morgan fingerprint density at radius 2 is 2.37 bits per heavy atom. The fraction of sp³-hybridized carbons (Fsp3) is 0.500. The molecule has 1 N–H and O–H groups in total. The van der Waals surface area contributed by atoms with Crippen LogP contribution < -0.4 is 5.32 Å². The Balaban J connectivity index is 2.10. The number of carbonyl (C=O) groups excluding carboxylic acids is 1. The SMILES string of the molecule is CNCC1CN(C(=O)c2ccc(Cl)cc2C)CCO1. The molecule has 0 aromatic heterocycles. The van der Waals surface area contributed by atoms with Gasteiger partial charge in [-0.1, -0.05) is 11.6 Å². The number of morpholine rings is 1. The molecule has 1 aliphatic heterocycles. The van der Waals surface area contributed by atoms with Crippen LogP contribution in [0.4, 0.5) is 0 Å². The first-order chi connectivity index (χ1) is 9.11. The van der Waals surface area contributed by atoms with Crippen LogP contribution in [-0.2, 0) is 4.74 Å². The molecule has 0 aliphatic carbocycles. The number of halogens is 1. The van der Waals surface area contributed by atoms with Crippen molar-refractivity contribution >= 4 is 17.5 Å². The molecule has 0 radical (unpaired) electrons.